The highest BCUT2D eigenvalue weighted by molar-refractivity contribution is 7.92. The second-order valence-corrected chi connectivity index (χ2v) is 7.61. The van der Waals surface area contributed by atoms with Gasteiger partial charge in [-0.15, -0.1) is 0 Å². The van der Waals surface area contributed by atoms with Gasteiger partial charge in [-0.3, -0.25) is 9.52 Å². The van der Waals surface area contributed by atoms with Crippen LogP contribution in [0.5, 0.6) is 0 Å². The molecule has 0 aliphatic heterocycles. The fourth-order valence-corrected chi connectivity index (χ4v) is 2.80. The summed E-state index contributed by atoms with van der Waals surface area (Å²) in [6, 6.07) is 15.4. The molecule has 0 aliphatic rings. The van der Waals surface area contributed by atoms with E-state index in [1.807, 2.05) is 6.07 Å². The fourth-order valence-electron chi connectivity index (χ4n) is 2.24. The van der Waals surface area contributed by atoms with E-state index >= 15 is 0 Å². The van der Waals surface area contributed by atoms with Gasteiger partial charge in [-0.05, 0) is 43.5 Å². The molecule has 0 fully saturated rings. The van der Waals surface area contributed by atoms with Crippen molar-refractivity contribution in [2.75, 3.05) is 16.3 Å². The van der Waals surface area contributed by atoms with E-state index in [0.717, 1.165) is 6.26 Å². The Morgan fingerprint density at radius 3 is 2.18 bits per heavy atom. The molecule has 0 heterocycles. The maximum Gasteiger partial charge on any atom is 0.278 e. The van der Waals surface area contributed by atoms with Crippen LogP contribution in [0.4, 0.5) is 11.4 Å². The number of hydrogen-bond acceptors (Lipinski definition) is 6. The van der Waals surface area contributed by atoms with Crippen molar-refractivity contribution in [2.24, 2.45) is 15.7 Å². The third kappa shape index (κ3) is 6.06. The monoisotopic (exact) mass is 399 g/mol. The maximum atomic E-state index is 12.6. The number of amides is 1. The molecule has 9 heteroatoms. The van der Waals surface area contributed by atoms with Gasteiger partial charge >= 0.3 is 0 Å². The summed E-state index contributed by atoms with van der Waals surface area (Å²) in [6.07, 6.45) is 1.07. The van der Waals surface area contributed by atoms with Crippen LogP contribution in [0.15, 0.2) is 76.1 Å². The molecule has 2 aromatic rings. The lowest BCUT2D eigenvalue weighted by atomic mass is 10.1. The Morgan fingerprint density at radius 2 is 1.64 bits per heavy atom. The molecule has 8 nitrogen and oxygen atoms in total. The van der Waals surface area contributed by atoms with Crippen LogP contribution in [0.2, 0.25) is 0 Å². The summed E-state index contributed by atoms with van der Waals surface area (Å²) in [5, 5.41) is 2.70. The lowest BCUT2D eigenvalue weighted by Gasteiger charge is -2.09. The zero-order chi connectivity index (χ0) is 20.7. The van der Waals surface area contributed by atoms with Crippen LogP contribution in [0.1, 0.15) is 12.5 Å². The van der Waals surface area contributed by atoms with Gasteiger partial charge in [0.05, 0.1) is 6.26 Å². The van der Waals surface area contributed by atoms with Gasteiger partial charge in [0.1, 0.15) is 0 Å². The summed E-state index contributed by atoms with van der Waals surface area (Å²) < 4.78 is 24.9. The highest BCUT2D eigenvalue weighted by atomic mass is 32.2. The number of para-hydroxylation sites is 1. The van der Waals surface area contributed by atoms with Crippen LogP contribution in [-0.4, -0.2) is 33.0 Å². The highest BCUT2D eigenvalue weighted by Gasteiger charge is 2.14. The number of carbonyl (C=O) groups excluding carboxylic acids is 1. The normalized spacial score (nSPS) is 12.7. The lowest BCUT2D eigenvalue weighted by molar-refractivity contribution is -0.112. The minimum absolute atomic E-state index is 0.0744. The molecule has 0 saturated heterocycles. The molecule has 2 aromatic carbocycles. The highest BCUT2D eigenvalue weighted by Crippen LogP contribution is 2.15. The Morgan fingerprint density at radius 1 is 1.04 bits per heavy atom. The Bertz CT molecular complexity index is 1030. The number of nitrogens with one attached hydrogen (secondary N) is 2. The lowest BCUT2D eigenvalue weighted by Crippen LogP contribution is -2.18. The Balaban J connectivity index is 2.28. The van der Waals surface area contributed by atoms with Crippen molar-refractivity contribution in [3.05, 3.63) is 71.7 Å². The number of rotatable bonds is 7. The number of aliphatic imine (C=N–C) groups is 2. The smallest absolute Gasteiger partial charge is 0.278 e. The van der Waals surface area contributed by atoms with E-state index in [0.29, 0.717) is 22.6 Å². The number of sulfonamides is 1. The van der Waals surface area contributed by atoms with Gasteiger partial charge in [-0.1, -0.05) is 30.3 Å². The fraction of sp³-hybridized carbons (Fsp3) is 0.105. The molecule has 0 aliphatic carbocycles. The third-order valence-corrected chi connectivity index (χ3v) is 4.15. The average molecular weight is 399 g/mol. The van der Waals surface area contributed by atoms with E-state index in [9.17, 15) is 13.2 Å². The number of nitrogens with zero attached hydrogens (tertiary/aromatic N) is 2. The zero-order valence-corrected chi connectivity index (χ0v) is 16.3. The number of hydrogen-bond donors (Lipinski definition) is 3. The van der Waals surface area contributed by atoms with Crippen LogP contribution >= 0.6 is 0 Å². The maximum absolute atomic E-state index is 12.6. The van der Waals surface area contributed by atoms with E-state index in [2.05, 4.69) is 26.7 Å². The molecular weight excluding hydrogens is 378 g/mol. The molecule has 4 N–H and O–H groups in total. The van der Waals surface area contributed by atoms with Crippen molar-refractivity contribution in [3.63, 3.8) is 0 Å². The summed E-state index contributed by atoms with van der Waals surface area (Å²) in [6.45, 7) is 5.05. The number of anilines is 2. The van der Waals surface area contributed by atoms with E-state index in [-0.39, 0.29) is 11.5 Å². The second-order valence-electron chi connectivity index (χ2n) is 5.86. The molecule has 28 heavy (non-hydrogen) atoms. The standard InChI is InChI=1S/C19H21N5O3S/c1-13(14-9-11-16(12-10-14)24-28(3,26)27)22-17(18(20)21-2)19(25)23-15-7-5-4-6-8-15/h4-12,24H,2,20H2,1,3H3,(H,23,25)/b18-17-,22-13?. The molecule has 146 valence electrons. The van der Waals surface area contributed by atoms with Crippen molar-refractivity contribution in [1.29, 1.82) is 0 Å². The molecule has 0 bridgehead atoms. The molecule has 0 spiro atoms. The molecular formula is C19H21N5O3S. The molecule has 0 saturated carbocycles. The van der Waals surface area contributed by atoms with Crippen molar-refractivity contribution in [3.8, 4) is 0 Å². The summed E-state index contributed by atoms with van der Waals surface area (Å²) in [5.74, 6) is -0.631. The Labute approximate surface area is 164 Å². The minimum atomic E-state index is -3.36. The van der Waals surface area contributed by atoms with E-state index in [4.69, 9.17) is 5.73 Å². The van der Waals surface area contributed by atoms with Crippen LogP contribution in [0, 0.1) is 0 Å². The van der Waals surface area contributed by atoms with Crippen LogP contribution in [-0.2, 0) is 14.8 Å². The molecule has 0 unspecified atom stereocenters. The second kappa shape index (κ2) is 8.96. The first-order valence-corrected chi connectivity index (χ1v) is 10.0. The van der Waals surface area contributed by atoms with Crippen molar-refractivity contribution in [2.45, 2.75) is 6.92 Å². The molecule has 0 atom stereocenters. The number of benzene rings is 2. The summed E-state index contributed by atoms with van der Waals surface area (Å²) in [4.78, 5) is 20.5. The van der Waals surface area contributed by atoms with Crippen molar-refractivity contribution in [1.82, 2.24) is 0 Å². The number of carbonyl (C=O) groups is 1. The van der Waals surface area contributed by atoms with E-state index in [1.54, 1.807) is 55.5 Å². The van der Waals surface area contributed by atoms with Gasteiger partial charge in [-0.2, -0.15) is 0 Å². The van der Waals surface area contributed by atoms with Crippen LogP contribution in [0.3, 0.4) is 0 Å². The molecule has 2 rings (SSSR count). The van der Waals surface area contributed by atoms with Crippen LogP contribution < -0.4 is 15.8 Å². The summed E-state index contributed by atoms with van der Waals surface area (Å²) in [5.41, 5.74) is 7.91. The predicted molar refractivity (Wildman–Crippen MR) is 113 cm³/mol. The summed E-state index contributed by atoms with van der Waals surface area (Å²) in [7, 11) is -3.36. The topological polar surface area (TPSA) is 126 Å². The SMILES string of the molecule is C=N/C(N)=C(\N=C(C)c1ccc(NS(C)(=O)=O)cc1)C(=O)Nc1ccccc1. The molecule has 0 aromatic heterocycles. The van der Waals surface area contributed by atoms with Crippen molar-refractivity contribution < 1.29 is 13.2 Å². The first-order chi connectivity index (χ1) is 13.2. The largest absolute Gasteiger partial charge is 0.382 e. The third-order valence-electron chi connectivity index (χ3n) is 3.55. The Kier molecular flexibility index (Phi) is 6.67. The quantitative estimate of drug-likeness (QED) is 0.488. The minimum Gasteiger partial charge on any atom is -0.382 e. The zero-order valence-electron chi connectivity index (χ0n) is 15.5. The Hall–Kier alpha value is -3.46. The van der Waals surface area contributed by atoms with Gasteiger partial charge in [0.25, 0.3) is 5.91 Å². The van der Waals surface area contributed by atoms with Gasteiger partial charge in [0, 0.05) is 17.1 Å². The van der Waals surface area contributed by atoms with Crippen LogP contribution in [0.25, 0.3) is 0 Å². The van der Waals surface area contributed by atoms with Gasteiger partial charge in [-0.25, -0.2) is 18.4 Å². The van der Waals surface area contributed by atoms with Gasteiger partial charge in [0.15, 0.2) is 11.5 Å². The van der Waals surface area contributed by atoms with Crippen molar-refractivity contribution >= 4 is 39.7 Å². The van der Waals surface area contributed by atoms with E-state index < -0.39 is 15.9 Å². The first kappa shape index (κ1) is 20.8. The predicted octanol–water partition coefficient (Wildman–Crippen LogP) is 2.33. The number of nitrogens with two attached hydrogens (primary N) is 1. The first-order valence-electron chi connectivity index (χ1n) is 8.16. The van der Waals surface area contributed by atoms with Gasteiger partial charge < -0.3 is 11.1 Å². The van der Waals surface area contributed by atoms with Gasteiger partial charge in [0.2, 0.25) is 10.0 Å². The summed E-state index contributed by atoms with van der Waals surface area (Å²) >= 11 is 0. The molecule has 0 radical (unpaired) electrons. The molecule has 1 amide bonds. The average Bonchev–Trinajstić information content (AvgIpc) is 2.65. The van der Waals surface area contributed by atoms with E-state index in [1.165, 1.54) is 0 Å².